The number of methoxy groups -OCH3 is 1. The summed E-state index contributed by atoms with van der Waals surface area (Å²) in [4.78, 5) is 0. The Morgan fingerprint density at radius 3 is 2.40 bits per heavy atom. The number of fused-ring (bicyclic) bond motifs is 5. The quantitative estimate of drug-likeness (QED) is 0.892. The average molecular weight is 271 g/mol. The van der Waals surface area contributed by atoms with Crippen LogP contribution in [0.2, 0.25) is 0 Å². The molecule has 20 heavy (non-hydrogen) atoms. The number of benzene rings is 1. The molecule has 1 aromatic carbocycles. The molecule has 3 fully saturated rings. The molecule has 0 heterocycles. The van der Waals surface area contributed by atoms with Crippen molar-refractivity contribution in [3.05, 3.63) is 35.4 Å². The van der Waals surface area contributed by atoms with Crippen LogP contribution in [0.25, 0.3) is 0 Å². The highest BCUT2D eigenvalue weighted by molar-refractivity contribution is 5.29. The first-order chi connectivity index (χ1) is 9.79. The van der Waals surface area contributed by atoms with Crippen LogP contribution in [-0.4, -0.2) is 13.7 Å². The number of nitrogens with two attached hydrogens (primary N) is 1. The van der Waals surface area contributed by atoms with Crippen LogP contribution in [-0.2, 0) is 11.2 Å². The maximum absolute atomic E-state index is 6.57. The van der Waals surface area contributed by atoms with Gasteiger partial charge < -0.3 is 10.5 Å². The lowest BCUT2D eigenvalue weighted by molar-refractivity contribution is 0.202. The Labute approximate surface area is 121 Å². The maximum atomic E-state index is 6.57. The van der Waals surface area contributed by atoms with Crippen molar-refractivity contribution in [1.29, 1.82) is 0 Å². The van der Waals surface area contributed by atoms with Crippen molar-refractivity contribution in [2.75, 3.05) is 13.7 Å². The predicted octanol–water partition coefficient (Wildman–Crippen LogP) is 3.17. The van der Waals surface area contributed by atoms with E-state index in [4.69, 9.17) is 10.5 Å². The Morgan fingerprint density at radius 2 is 1.80 bits per heavy atom. The minimum absolute atomic E-state index is 0.268. The molecule has 5 unspecified atom stereocenters. The highest BCUT2D eigenvalue weighted by atomic mass is 16.5. The van der Waals surface area contributed by atoms with E-state index in [1.165, 1.54) is 30.4 Å². The van der Waals surface area contributed by atoms with E-state index >= 15 is 0 Å². The zero-order valence-corrected chi connectivity index (χ0v) is 12.3. The van der Waals surface area contributed by atoms with E-state index < -0.39 is 0 Å². The van der Waals surface area contributed by atoms with Crippen LogP contribution in [0.4, 0.5) is 0 Å². The van der Waals surface area contributed by atoms with E-state index in [1.54, 1.807) is 7.11 Å². The summed E-state index contributed by atoms with van der Waals surface area (Å²) >= 11 is 0. The molecule has 2 heteroatoms. The van der Waals surface area contributed by atoms with Gasteiger partial charge in [0.15, 0.2) is 0 Å². The lowest BCUT2D eigenvalue weighted by atomic mass is 9.93. The van der Waals surface area contributed by atoms with Gasteiger partial charge in [-0.05, 0) is 66.4 Å². The van der Waals surface area contributed by atoms with Crippen molar-refractivity contribution in [3.8, 4) is 0 Å². The molecule has 0 aliphatic heterocycles. The third-order valence-corrected chi connectivity index (χ3v) is 6.17. The van der Waals surface area contributed by atoms with Crippen molar-refractivity contribution in [1.82, 2.24) is 0 Å². The molecule has 2 N–H and O–H groups in total. The average Bonchev–Trinajstić information content (AvgIpc) is 2.92. The van der Waals surface area contributed by atoms with Gasteiger partial charge in [0.1, 0.15) is 0 Å². The zero-order valence-electron chi connectivity index (χ0n) is 12.3. The topological polar surface area (TPSA) is 35.2 Å². The Morgan fingerprint density at radius 1 is 1.15 bits per heavy atom. The number of hydrogen-bond acceptors (Lipinski definition) is 2. The molecule has 0 spiro atoms. The minimum Gasteiger partial charge on any atom is -0.384 e. The number of rotatable bonds is 5. The smallest absolute Gasteiger partial charge is 0.0502 e. The van der Waals surface area contributed by atoms with Gasteiger partial charge in [0.2, 0.25) is 0 Å². The van der Waals surface area contributed by atoms with Crippen LogP contribution in [0.3, 0.4) is 0 Å². The van der Waals surface area contributed by atoms with Crippen LogP contribution in [0.5, 0.6) is 0 Å². The second-order valence-electron chi connectivity index (χ2n) is 7.08. The molecule has 5 atom stereocenters. The van der Waals surface area contributed by atoms with Crippen molar-refractivity contribution in [2.24, 2.45) is 35.3 Å². The molecule has 4 rings (SSSR count). The summed E-state index contributed by atoms with van der Waals surface area (Å²) in [5, 5.41) is 0. The van der Waals surface area contributed by atoms with Gasteiger partial charge in [-0.3, -0.25) is 0 Å². The van der Waals surface area contributed by atoms with Crippen molar-refractivity contribution >= 4 is 0 Å². The summed E-state index contributed by atoms with van der Waals surface area (Å²) in [5.41, 5.74) is 9.25. The Balaban J connectivity index is 1.43. The molecule has 2 nitrogen and oxygen atoms in total. The first kappa shape index (κ1) is 12.8. The lowest BCUT2D eigenvalue weighted by Crippen LogP contribution is -2.17. The van der Waals surface area contributed by atoms with Gasteiger partial charge in [-0.2, -0.15) is 0 Å². The third-order valence-electron chi connectivity index (χ3n) is 6.17. The van der Waals surface area contributed by atoms with Crippen LogP contribution >= 0.6 is 0 Å². The molecule has 0 amide bonds. The van der Waals surface area contributed by atoms with Crippen LogP contribution < -0.4 is 5.73 Å². The number of ether oxygens (including phenoxy) is 1. The normalized spacial score (nSPS) is 38.8. The van der Waals surface area contributed by atoms with E-state index in [-0.39, 0.29) is 6.04 Å². The molecule has 0 radical (unpaired) electrons. The van der Waals surface area contributed by atoms with E-state index in [9.17, 15) is 0 Å². The molecule has 3 aliphatic rings. The molecule has 0 aromatic heterocycles. The molecule has 0 saturated heterocycles. The Bertz CT molecular complexity index is 467. The van der Waals surface area contributed by atoms with Gasteiger partial charge in [0.25, 0.3) is 0 Å². The first-order valence-electron chi connectivity index (χ1n) is 8.13. The van der Waals surface area contributed by atoms with Crippen molar-refractivity contribution < 1.29 is 4.74 Å². The summed E-state index contributed by atoms with van der Waals surface area (Å²) in [5.74, 6) is 4.75. The highest BCUT2D eigenvalue weighted by Crippen LogP contribution is 2.71. The summed E-state index contributed by atoms with van der Waals surface area (Å²) in [7, 11) is 1.75. The zero-order chi connectivity index (χ0) is 13.7. The fraction of sp³-hybridized carbons (Fsp3) is 0.667. The Kier molecular flexibility index (Phi) is 3.12. The largest absolute Gasteiger partial charge is 0.384 e. The van der Waals surface area contributed by atoms with Crippen molar-refractivity contribution in [3.63, 3.8) is 0 Å². The molecular formula is C18H25NO. The highest BCUT2D eigenvalue weighted by Gasteiger charge is 2.66. The van der Waals surface area contributed by atoms with Gasteiger partial charge >= 0.3 is 0 Å². The molecule has 108 valence electrons. The number of hydrogen-bond donors (Lipinski definition) is 1. The van der Waals surface area contributed by atoms with Crippen LogP contribution in [0.1, 0.15) is 36.4 Å². The van der Waals surface area contributed by atoms with E-state index in [2.05, 4.69) is 24.3 Å². The monoisotopic (exact) mass is 271 g/mol. The summed E-state index contributed by atoms with van der Waals surface area (Å²) in [6, 6.07) is 9.20. The van der Waals surface area contributed by atoms with Gasteiger partial charge in [-0.25, -0.2) is 0 Å². The third kappa shape index (κ3) is 1.93. The molecule has 2 bridgehead atoms. The summed E-state index contributed by atoms with van der Waals surface area (Å²) in [6.45, 7) is 0.793. The van der Waals surface area contributed by atoms with Gasteiger partial charge in [-0.1, -0.05) is 24.3 Å². The molecule has 1 aromatic rings. The maximum Gasteiger partial charge on any atom is 0.0502 e. The molecule has 3 saturated carbocycles. The molecule has 3 aliphatic carbocycles. The summed E-state index contributed by atoms with van der Waals surface area (Å²) < 4.78 is 5.13. The first-order valence-corrected chi connectivity index (χ1v) is 8.13. The summed E-state index contributed by atoms with van der Waals surface area (Å²) in [6.07, 6.45) is 5.45. The van der Waals surface area contributed by atoms with Crippen molar-refractivity contribution in [2.45, 2.75) is 31.7 Å². The van der Waals surface area contributed by atoms with Gasteiger partial charge in [-0.15, -0.1) is 0 Å². The second-order valence-corrected chi connectivity index (χ2v) is 7.08. The van der Waals surface area contributed by atoms with E-state index in [0.29, 0.717) is 0 Å². The van der Waals surface area contributed by atoms with Crippen LogP contribution in [0, 0.1) is 29.6 Å². The predicted molar refractivity (Wildman–Crippen MR) is 80.3 cm³/mol. The second kappa shape index (κ2) is 4.85. The standard InChI is InChI=1S/C18H25NO/c1-20-9-8-11-2-4-12(5-3-11)18(19)17-15-13-6-7-14(10-13)16(15)17/h2-5,13-18H,6-10,19H2,1H3. The van der Waals surface area contributed by atoms with Gasteiger partial charge in [0.05, 0.1) is 6.61 Å². The SMILES string of the molecule is COCCc1ccc(C(N)C2C3C4CCC(C4)C32)cc1. The van der Waals surface area contributed by atoms with E-state index in [1.807, 2.05) is 0 Å². The van der Waals surface area contributed by atoms with Gasteiger partial charge in [0, 0.05) is 13.2 Å². The van der Waals surface area contributed by atoms with Crippen LogP contribution in [0.15, 0.2) is 24.3 Å². The molecular weight excluding hydrogens is 246 g/mol. The minimum atomic E-state index is 0.268. The lowest BCUT2D eigenvalue weighted by Gasteiger charge is -2.17. The Hall–Kier alpha value is -0.860. The fourth-order valence-electron chi connectivity index (χ4n) is 5.22. The fourth-order valence-corrected chi connectivity index (χ4v) is 5.22. The van der Waals surface area contributed by atoms with E-state index in [0.717, 1.165) is 42.6 Å².